The fourth-order valence-electron chi connectivity index (χ4n) is 2.60. The summed E-state index contributed by atoms with van der Waals surface area (Å²) in [6, 6.07) is 13.5. The van der Waals surface area contributed by atoms with Crippen LogP contribution in [0, 0.1) is 0 Å². The number of nitrogens with zero attached hydrogens (tertiary/aromatic N) is 2. The number of carbonyl (C=O) groups is 1. The van der Waals surface area contributed by atoms with Crippen molar-refractivity contribution in [2.75, 3.05) is 21.3 Å². The van der Waals surface area contributed by atoms with Crippen LogP contribution in [0.5, 0.6) is 11.5 Å². The zero-order valence-corrected chi connectivity index (χ0v) is 15.3. The molecule has 0 unspecified atom stereocenters. The Morgan fingerprint density at radius 1 is 1.16 bits per heavy atom. The van der Waals surface area contributed by atoms with E-state index in [4.69, 9.17) is 9.47 Å². The number of ether oxygens (including phenoxy) is 2. The molecule has 3 aromatic rings. The Morgan fingerprint density at radius 3 is 2.68 bits per heavy atom. The maximum absolute atomic E-state index is 12.6. The predicted molar refractivity (Wildman–Crippen MR) is 99.3 cm³/mol. The van der Waals surface area contributed by atoms with Crippen LogP contribution in [-0.2, 0) is 17.8 Å². The number of hydrogen-bond acceptors (Lipinski definition) is 5. The highest BCUT2D eigenvalue weighted by atomic mass is 32.1. The zero-order valence-electron chi connectivity index (χ0n) is 14.5. The Kier molecular flexibility index (Phi) is 5.19. The second kappa shape index (κ2) is 7.53. The third-order valence-electron chi connectivity index (χ3n) is 3.97. The van der Waals surface area contributed by atoms with Gasteiger partial charge >= 0.3 is 0 Å². The first kappa shape index (κ1) is 17.2. The molecule has 0 N–H and O–H groups in total. The molecule has 0 aliphatic rings. The third-order valence-corrected chi connectivity index (χ3v) is 4.99. The van der Waals surface area contributed by atoms with Crippen molar-refractivity contribution < 1.29 is 14.3 Å². The molecule has 2 aromatic carbocycles. The first-order chi connectivity index (χ1) is 12.1. The number of para-hydroxylation sites is 1. The van der Waals surface area contributed by atoms with Crippen molar-refractivity contribution in [3.63, 3.8) is 0 Å². The van der Waals surface area contributed by atoms with Crippen LogP contribution in [0.2, 0.25) is 0 Å². The molecule has 0 saturated carbocycles. The number of hydrogen-bond donors (Lipinski definition) is 0. The summed E-state index contributed by atoms with van der Waals surface area (Å²) in [4.78, 5) is 18.9. The summed E-state index contributed by atoms with van der Waals surface area (Å²) in [5, 5.41) is 0.926. The predicted octanol–water partition coefficient (Wildman–Crippen LogP) is 3.51. The minimum absolute atomic E-state index is 0.00538. The van der Waals surface area contributed by atoms with E-state index in [1.165, 1.54) is 0 Å². The van der Waals surface area contributed by atoms with Gasteiger partial charge in [-0.15, -0.1) is 11.3 Å². The smallest absolute Gasteiger partial charge is 0.227 e. The summed E-state index contributed by atoms with van der Waals surface area (Å²) in [5.41, 5.74) is 1.78. The minimum Gasteiger partial charge on any atom is -0.497 e. The fourth-order valence-corrected chi connectivity index (χ4v) is 3.62. The van der Waals surface area contributed by atoms with Crippen molar-refractivity contribution in [3.8, 4) is 11.5 Å². The SMILES string of the molecule is COc1ccc(OC)c(CC(=O)N(C)Cc2nc3ccccc3s2)c1. The number of fused-ring (bicyclic) bond motifs is 1. The van der Waals surface area contributed by atoms with E-state index in [9.17, 15) is 4.79 Å². The van der Waals surface area contributed by atoms with Crippen molar-refractivity contribution in [1.82, 2.24) is 9.88 Å². The molecule has 3 rings (SSSR count). The second-order valence-corrected chi connectivity index (χ2v) is 6.79. The molecule has 1 aromatic heterocycles. The van der Waals surface area contributed by atoms with E-state index in [1.807, 2.05) is 42.5 Å². The van der Waals surface area contributed by atoms with E-state index < -0.39 is 0 Å². The molecule has 6 heteroatoms. The molecule has 5 nitrogen and oxygen atoms in total. The molecule has 0 aliphatic carbocycles. The maximum Gasteiger partial charge on any atom is 0.227 e. The van der Waals surface area contributed by atoms with Crippen molar-refractivity contribution in [2.45, 2.75) is 13.0 Å². The highest BCUT2D eigenvalue weighted by Gasteiger charge is 2.16. The van der Waals surface area contributed by atoms with Crippen molar-refractivity contribution >= 4 is 27.5 Å². The standard InChI is InChI=1S/C19H20N2O3S/c1-21(12-18-20-15-6-4-5-7-17(15)25-18)19(22)11-13-10-14(23-2)8-9-16(13)24-3/h4-10H,11-12H2,1-3H3. The molecule has 130 valence electrons. The van der Waals surface area contributed by atoms with E-state index >= 15 is 0 Å². The normalized spacial score (nSPS) is 10.7. The molecule has 0 fully saturated rings. The third kappa shape index (κ3) is 3.91. The van der Waals surface area contributed by atoms with Gasteiger partial charge in [-0.2, -0.15) is 0 Å². The first-order valence-electron chi connectivity index (χ1n) is 7.90. The van der Waals surface area contributed by atoms with Crippen LogP contribution < -0.4 is 9.47 Å². The van der Waals surface area contributed by atoms with Gasteiger partial charge in [0.05, 0.1) is 37.4 Å². The van der Waals surface area contributed by atoms with Crippen molar-refractivity contribution in [1.29, 1.82) is 0 Å². The van der Waals surface area contributed by atoms with Crippen LogP contribution in [0.25, 0.3) is 10.2 Å². The van der Waals surface area contributed by atoms with Crippen LogP contribution in [0.15, 0.2) is 42.5 Å². The first-order valence-corrected chi connectivity index (χ1v) is 8.71. The maximum atomic E-state index is 12.6. The van der Waals surface area contributed by atoms with Crippen LogP contribution in [0.3, 0.4) is 0 Å². The quantitative estimate of drug-likeness (QED) is 0.678. The van der Waals surface area contributed by atoms with E-state index in [0.29, 0.717) is 18.0 Å². The molecule has 0 bridgehead atoms. The Balaban J connectivity index is 1.72. The second-order valence-electron chi connectivity index (χ2n) is 5.68. The highest BCUT2D eigenvalue weighted by Crippen LogP contribution is 2.26. The van der Waals surface area contributed by atoms with Gasteiger partial charge in [0.15, 0.2) is 0 Å². The van der Waals surface area contributed by atoms with Crippen molar-refractivity contribution in [2.24, 2.45) is 0 Å². The largest absolute Gasteiger partial charge is 0.497 e. The molecule has 0 saturated heterocycles. The Morgan fingerprint density at radius 2 is 1.96 bits per heavy atom. The molecular formula is C19H20N2O3S. The number of thiazole rings is 1. The lowest BCUT2D eigenvalue weighted by molar-refractivity contribution is -0.129. The number of benzene rings is 2. The summed E-state index contributed by atoms with van der Waals surface area (Å²) in [6.45, 7) is 0.491. The Bertz CT molecular complexity index is 858. The summed E-state index contributed by atoms with van der Waals surface area (Å²) < 4.78 is 11.7. The number of aromatic nitrogens is 1. The molecule has 1 amide bonds. The minimum atomic E-state index is 0.00538. The lowest BCUT2D eigenvalue weighted by Gasteiger charge is -2.17. The fraction of sp³-hybridized carbons (Fsp3) is 0.263. The number of amides is 1. The topological polar surface area (TPSA) is 51.7 Å². The molecular weight excluding hydrogens is 336 g/mol. The lowest BCUT2D eigenvalue weighted by Crippen LogP contribution is -2.27. The van der Waals surface area contributed by atoms with E-state index in [0.717, 1.165) is 20.8 Å². The van der Waals surface area contributed by atoms with Gasteiger partial charge < -0.3 is 14.4 Å². The highest BCUT2D eigenvalue weighted by molar-refractivity contribution is 7.18. The van der Waals surface area contributed by atoms with Crippen LogP contribution >= 0.6 is 11.3 Å². The number of carbonyl (C=O) groups excluding carboxylic acids is 1. The lowest BCUT2D eigenvalue weighted by atomic mass is 10.1. The monoisotopic (exact) mass is 356 g/mol. The van der Waals surface area contributed by atoms with Crippen LogP contribution in [0.1, 0.15) is 10.6 Å². The van der Waals surface area contributed by atoms with Crippen LogP contribution in [-0.4, -0.2) is 37.1 Å². The van der Waals surface area contributed by atoms with Gasteiger partial charge in [0.25, 0.3) is 0 Å². The molecule has 25 heavy (non-hydrogen) atoms. The molecule has 0 aliphatic heterocycles. The van der Waals surface area contributed by atoms with Crippen LogP contribution in [0.4, 0.5) is 0 Å². The zero-order chi connectivity index (χ0) is 17.8. The Hall–Kier alpha value is -2.60. The molecule has 0 spiro atoms. The summed E-state index contributed by atoms with van der Waals surface area (Å²) >= 11 is 1.61. The van der Waals surface area contributed by atoms with E-state index in [2.05, 4.69) is 4.98 Å². The van der Waals surface area contributed by atoms with Crippen molar-refractivity contribution in [3.05, 3.63) is 53.0 Å². The van der Waals surface area contributed by atoms with Gasteiger partial charge in [-0.25, -0.2) is 4.98 Å². The summed E-state index contributed by atoms with van der Waals surface area (Å²) in [6.07, 6.45) is 0.252. The van der Waals surface area contributed by atoms with Gasteiger partial charge in [0.2, 0.25) is 5.91 Å². The average Bonchev–Trinajstić information content (AvgIpc) is 3.03. The van der Waals surface area contributed by atoms with Gasteiger partial charge in [0.1, 0.15) is 16.5 Å². The molecule has 0 atom stereocenters. The van der Waals surface area contributed by atoms with E-state index in [-0.39, 0.29) is 12.3 Å². The van der Waals surface area contributed by atoms with Gasteiger partial charge in [-0.1, -0.05) is 12.1 Å². The number of rotatable bonds is 6. The Labute approximate surface area is 150 Å². The van der Waals surface area contributed by atoms with Gasteiger partial charge in [-0.3, -0.25) is 4.79 Å². The average molecular weight is 356 g/mol. The van der Waals surface area contributed by atoms with Gasteiger partial charge in [-0.05, 0) is 30.3 Å². The summed E-state index contributed by atoms with van der Waals surface area (Å²) in [5.74, 6) is 1.39. The number of likely N-dealkylation sites (N-methyl/N-ethyl adjacent to an activating group) is 1. The van der Waals surface area contributed by atoms with E-state index in [1.54, 1.807) is 37.5 Å². The van der Waals surface area contributed by atoms with Gasteiger partial charge in [0, 0.05) is 12.6 Å². The number of methoxy groups -OCH3 is 2. The summed E-state index contributed by atoms with van der Waals surface area (Å²) in [7, 11) is 4.99. The molecule has 0 radical (unpaired) electrons. The molecule has 1 heterocycles.